The van der Waals surface area contributed by atoms with E-state index in [1.165, 1.54) is 12.7 Å². The molecule has 1 amide bonds. The molecule has 5 nitrogen and oxygen atoms in total. The zero-order valence-electron chi connectivity index (χ0n) is 15.1. The lowest BCUT2D eigenvalue weighted by molar-refractivity contribution is -0.116. The van der Waals surface area contributed by atoms with Crippen molar-refractivity contribution < 1.29 is 14.3 Å². The summed E-state index contributed by atoms with van der Waals surface area (Å²) < 4.78 is 4.66. The molecule has 2 aromatic rings. The highest BCUT2D eigenvalue weighted by molar-refractivity contribution is 5.92. The highest BCUT2D eigenvalue weighted by Gasteiger charge is 2.08. The first-order valence-corrected chi connectivity index (χ1v) is 8.20. The van der Waals surface area contributed by atoms with Crippen molar-refractivity contribution in [2.75, 3.05) is 24.3 Å². The van der Waals surface area contributed by atoms with Crippen molar-refractivity contribution in [1.82, 2.24) is 0 Å². The Hall–Kier alpha value is -2.82. The minimum Gasteiger partial charge on any atom is -0.465 e. The van der Waals surface area contributed by atoms with Crippen LogP contribution in [0.5, 0.6) is 0 Å². The lowest BCUT2D eigenvalue weighted by Crippen LogP contribution is -2.17. The van der Waals surface area contributed by atoms with Gasteiger partial charge >= 0.3 is 5.97 Å². The Morgan fingerprint density at radius 2 is 1.60 bits per heavy atom. The Morgan fingerprint density at radius 1 is 1.00 bits per heavy atom. The molecule has 0 unspecified atom stereocenters. The van der Waals surface area contributed by atoms with E-state index in [2.05, 4.69) is 27.5 Å². The van der Waals surface area contributed by atoms with E-state index in [4.69, 9.17) is 0 Å². The van der Waals surface area contributed by atoms with E-state index >= 15 is 0 Å². The summed E-state index contributed by atoms with van der Waals surface area (Å²) in [4.78, 5) is 23.5. The number of carbonyl (C=O) groups excluding carboxylic acids is 2. The molecular formula is C20H24N2O3. The third kappa shape index (κ3) is 5.08. The first kappa shape index (κ1) is 18.5. The molecule has 0 aromatic heterocycles. The van der Waals surface area contributed by atoms with Crippen LogP contribution < -0.4 is 10.6 Å². The summed E-state index contributed by atoms with van der Waals surface area (Å²) in [6, 6.07) is 11.1. The smallest absolute Gasteiger partial charge is 0.337 e. The molecule has 0 aliphatic heterocycles. The van der Waals surface area contributed by atoms with Gasteiger partial charge in [-0.15, -0.1) is 0 Å². The van der Waals surface area contributed by atoms with Gasteiger partial charge in [0, 0.05) is 24.3 Å². The molecule has 2 N–H and O–H groups in total. The topological polar surface area (TPSA) is 67.4 Å². The maximum Gasteiger partial charge on any atom is 0.337 e. The van der Waals surface area contributed by atoms with Crippen LogP contribution in [0.25, 0.3) is 0 Å². The van der Waals surface area contributed by atoms with Crippen LogP contribution in [0.2, 0.25) is 0 Å². The number of anilines is 2. The van der Waals surface area contributed by atoms with Crippen molar-refractivity contribution in [2.45, 2.75) is 27.2 Å². The second-order valence-electron chi connectivity index (χ2n) is 6.07. The van der Waals surface area contributed by atoms with Gasteiger partial charge in [-0.1, -0.05) is 17.7 Å². The second kappa shape index (κ2) is 8.33. The number of esters is 1. The number of ether oxygens (including phenoxy) is 1. The maximum atomic E-state index is 12.2. The van der Waals surface area contributed by atoms with Crippen molar-refractivity contribution in [3.63, 3.8) is 0 Å². The third-order valence-corrected chi connectivity index (χ3v) is 3.93. The van der Waals surface area contributed by atoms with Gasteiger partial charge in [0.2, 0.25) is 5.91 Å². The average molecular weight is 340 g/mol. The van der Waals surface area contributed by atoms with E-state index in [0.717, 1.165) is 22.5 Å². The summed E-state index contributed by atoms with van der Waals surface area (Å²) in [7, 11) is 1.35. The molecular weight excluding hydrogens is 316 g/mol. The van der Waals surface area contributed by atoms with Gasteiger partial charge in [0.1, 0.15) is 0 Å². The number of carbonyl (C=O) groups is 2. The molecule has 2 rings (SSSR count). The zero-order chi connectivity index (χ0) is 18.4. The van der Waals surface area contributed by atoms with Gasteiger partial charge in [0.15, 0.2) is 0 Å². The SMILES string of the molecule is COC(=O)c1ccc(NCCC(=O)Nc2c(C)cc(C)cc2C)cc1. The Balaban J connectivity index is 1.86. The van der Waals surface area contributed by atoms with Gasteiger partial charge < -0.3 is 15.4 Å². The highest BCUT2D eigenvalue weighted by Crippen LogP contribution is 2.22. The Morgan fingerprint density at radius 3 is 2.16 bits per heavy atom. The predicted molar refractivity (Wildman–Crippen MR) is 100 cm³/mol. The molecule has 2 aromatic carbocycles. The Bertz CT molecular complexity index is 744. The van der Waals surface area contributed by atoms with Crippen molar-refractivity contribution in [3.8, 4) is 0 Å². The van der Waals surface area contributed by atoms with Gasteiger partial charge in [-0.3, -0.25) is 4.79 Å². The monoisotopic (exact) mass is 340 g/mol. The summed E-state index contributed by atoms with van der Waals surface area (Å²) in [5.41, 5.74) is 5.55. The van der Waals surface area contributed by atoms with Crippen molar-refractivity contribution in [3.05, 3.63) is 58.7 Å². The normalized spacial score (nSPS) is 10.2. The van der Waals surface area contributed by atoms with Crippen molar-refractivity contribution in [1.29, 1.82) is 0 Å². The number of benzene rings is 2. The number of hydrogen-bond acceptors (Lipinski definition) is 4. The summed E-state index contributed by atoms with van der Waals surface area (Å²) in [5, 5.41) is 6.15. The molecule has 25 heavy (non-hydrogen) atoms. The van der Waals surface area contributed by atoms with Gasteiger partial charge in [-0.25, -0.2) is 4.79 Å². The van der Waals surface area contributed by atoms with E-state index in [1.54, 1.807) is 24.3 Å². The van der Waals surface area contributed by atoms with E-state index in [1.807, 2.05) is 20.8 Å². The maximum absolute atomic E-state index is 12.2. The number of rotatable bonds is 6. The number of methoxy groups -OCH3 is 1. The molecule has 0 saturated heterocycles. The molecule has 5 heteroatoms. The van der Waals surface area contributed by atoms with E-state index < -0.39 is 0 Å². The number of hydrogen-bond donors (Lipinski definition) is 2. The lowest BCUT2D eigenvalue weighted by atomic mass is 10.1. The minimum atomic E-state index is -0.366. The number of aryl methyl sites for hydroxylation is 3. The zero-order valence-corrected chi connectivity index (χ0v) is 15.1. The quantitative estimate of drug-likeness (QED) is 0.784. The van der Waals surface area contributed by atoms with Crippen LogP contribution in [0.4, 0.5) is 11.4 Å². The first-order chi connectivity index (χ1) is 11.9. The lowest BCUT2D eigenvalue weighted by Gasteiger charge is -2.13. The van der Waals surface area contributed by atoms with Crippen LogP contribution >= 0.6 is 0 Å². The first-order valence-electron chi connectivity index (χ1n) is 8.20. The van der Waals surface area contributed by atoms with Crippen LogP contribution in [-0.2, 0) is 9.53 Å². The number of amides is 1. The van der Waals surface area contributed by atoms with Gasteiger partial charge in [0.05, 0.1) is 12.7 Å². The fourth-order valence-corrected chi connectivity index (χ4v) is 2.74. The molecule has 0 radical (unpaired) electrons. The molecule has 0 aliphatic rings. The van der Waals surface area contributed by atoms with Gasteiger partial charge in [0.25, 0.3) is 0 Å². The van der Waals surface area contributed by atoms with Crippen LogP contribution in [0.3, 0.4) is 0 Å². The van der Waals surface area contributed by atoms with Gasteiger partial charge in [-0.05, 0) is 56.2 Å². The van der Waals surface area contributed by atoms with Crippen LogP contribution in [-0.4, -0.2) is 25.5 Å². The molecule has 0 atom stereocenters. The summed E-state index contributed by atoms with van der Waals surface area (Å²) in [6.07, 6.45) is 0.353. The van der Waals surface area contributed by atoms with Crippen LogP contribution in [0.15, 0.2) is 36.4 Å². The molecule has 0 saturated carbocycles. The molecule has 0 aliphatic carbocycles. The summed E-state index contributed by atoms with van der Waals surface area (Å²) >= 11 is 0. The predicted octanol–water partition coefficient (Wildman–Crippen LogP) is 3.84. The highest BCUT2D eigenvalue weighted by atomic mass is 16.5. The van der Waals surface area contributed by atoms with Crippen LogP contribution in [0, 0.1) is 20.8 Å². The fourth-order valence-electron chi connectivity index (χ4n) is 2.74. The number of nitrogens with one attached hydrogen (secondary N) is 2. The van der Waals surface area contributed by atoms with E-state index in [9.17, 15) is 9.59 Å². The van der Waals surface area contributed by atoms with Crippen LogP contribution in [0.1, 0.15) is 33.5 Å². The van der Waals surface area contributed by atoms with Gasteiger partial charge in [-0.2, -0.15) is 0 Å². The molecule has 132 valence electrons. The minimum absolute atomic E-state index is 0.0336. The largest absolute Gasteiger partial charge is 0.465 e. The van der Waals surface area contributed by atoms with Crippen molar-refractivity contribution >= 4 is 23.3 Å². The van der Waals surface area contributed by atoms with E-state index in [0.29, 0.717) is 18.5 Å². The molecule has 0 fully saturated rings. The second-order valence-corrected chi connectivity index (χ2v) is 6.07. The van der Waals surface area contributed by atoms with Crippen molar-refractivity contribution in [2.24, 2.45) is 0 Å². The fraction of sp³-hybridized carbons (Fsp3) is 0.300. The summed E-state index contributed by atoms with van der Waals surface area (Å²) in [6.45, 7) is 6.54. The average Bonchev–Trinajstić information content (AvgIpc) is 2.58. The standard InChI is InChI=1S/C20H24N2O3/c1-13-11-14(2)19(15(3)12-13)22-18(23)9-10-21-17-7-5-16(6-8-17)20(24)25-4/h5-8,11-12,21H,9-10H2,1-4H3,(H,22,23). The molecule has 0 spiro atoms. The van der Waals surface area contributed by atoms with E-state index in [-0.39, 0.29) is 11.9 Å². The third-order valence-electron chi connectivity index (χ3n) is 3.93. The Kier molecular flexibility index (Phi) is 6.17. The Labute approximate surface area is 148 Å². The summed E-state index contributed by atoms with van der Waals surface area (Å²) in [5.74, 6) is -0.400. The molecule has 0 heterocycles. The molecule has 0 bridgehead atoms.